The Morgan fingerprint density at radius 3 is 2.58 bits per heavy atom. The van der Waals surface area contributed by atoms with Crippen molar-refractivity contribution in [3.05, 3.63) is 71.2 Å². The number of ether oxygens (including phenoxy) is 2. The predicted molar refractivity (Wildman–Crippen MR) is 131 cm³/mol. The summed E-state index contributed by atoms with van der Waals surface area (Å²) in [7, 11) is 3.27. The third kappa shape index (κ3) is 5.04. The highest BCUT2D eigenvalue weighted by molar-refractivity contribution is 5.64. The van der Waals surface area contributed by atoms with E-state index in [0.29, 0.717) is 47.3 Å². The van der Waals surface area contributed by atoms with E-state index in [1.165, 1.54) is 6.07 Å². The van der Waals surface area contributed by atoms with E-state index in [2.05, 4.69) is 35.4 Å². The molecule has 0 aliphatic heterocycles. The Labute approximate surface area is 214 Å². The van der Waals surface area contributed by atoms with Gasteiger partial charge in [-0.1, -0.05) is 6.07 Å². The number of fused-ring (bicyclic) bond motifs is 1. The van der Waals surface area contributed by atoms with Gasteiger partial charge in [-0.05, 0) is 43.5 Å². The molecule has 38 heavy (non-hydrogen) atoms. The highest BCUT2D eigenvalue weighted by Crippen LogP contribution is 2.42. The third-order valence-corrected chi connectivity index (χ3v) is 6.16. The van der Waals surface area contributed by atoms with Gasteiger partial charge < -0.3 is 20.1 Å². The smallest absolute Gasteiger partial charge is 0.494 e. The Balaban J connectivity index is 1.46. The third-order valence-electron chi connectivity index (χ3n) is 6.16. The maximum absolute atomic E-state index is 14.9. The molecular weight excluding hydrogens is 506 g/mol. The van der Waals surface area contributed by atoms with E-state index in [-0.39, 0.29) is 11.5 Å². The topological polar surface area (TPSA) is 99.0 Å². The van der Waals surface area contributed by atoms with Crippen molar-refractivity contribution < 1.29 is 27.0 Å². The number of nitrogens with zero attached hydrogens (tertiary/aromatic N) is 5. The molecule has 1 aliphatic carbocycles. The molecule has 198 valence electrons. The second-order valence-corrected chi connectivity index (χ2v) is 8.58. The summed E-state index contributed by atoms with van der Waals surface area (Å²) in [5, 5.41) is 10.5. The Kier molecular flexibility index (Phi) is 6.51. The number of hydrogen-bond donors (Lipinski definition) is 2. The number of nitrogens with one attached hydrogen (secondary N) is 2. The summed E-state index contributed by atoms with van der Waals surface area (Å²) in [5.74, 6) is 0.129. The zero-order valence-corrected chi connectivity index (χ0v) is 20.6. The molecule has 0 saturated carbocycles. The van der Waals surface area contributed by atoms with E-state index >= 15 is 0 Å². The second-order valence-electron chi connectivity index (χ2n) is 8.58. The predicted octanol–water partition coefficient (Wildman–Crippen LogP) is 5.28. The van der Waals surface area contributed by atoms with Gasteiger partial charge >= 0.3 is 6.36 Å². The summed E-state index contributed by atoms with van der Waals surface area (Å²) in [6.07, 6.45) is -2.21. The van der Waals surface area contributed by atoms with Crippen LogP contribution in [0.2, 0.25) is 0 Å². The van der Waals surface area contributed by atoms with E-state index in [1.807, 2.05) is 6.07 Å². The van der Waals surface area contributed by atoms with Crippen LogP contribution in [0.15, 0.2) is 42.7 Å². The van der Waals surface area contributed by atoms with Crippen LogP contribution in [0.4, 0.5) is 35.0 Å². The molecule has 0 fully saturated rings. The fourth-order valence-electron chi connectivity index (χ4n) is 4.55. The number of methoxy groups -OCH3 is 1. The monoisotopic (exact) mass is 529 g/mol. The fraction of sp³-hybridized carbons (Fsp3) is 0.280. The molecule has 0 saturated heterocycles. The lowest BCUT2D eigenvalue weighted by atomic mass is 9.96. The van der Waals surface area contributed by atoms with Crippen molar-refractivity contribution in [1.29, 1.82) is 0 Å². The minimum absolute atomic E-state index is 0.235. The van der Waals surface area contributed by atoms with E-state index in [1.54, 1.807) is 44.2 Å². The van der Waals surface area contributed by atoms with Gasteiger partial charge in [0.25, 0.3) is 0 Å². The SMILES string of the molecule is CNc1nc(Nc2ccc(-n3cnc(C)n3)c(OC)c2)nc2c1CCC2c1ccc(OC(F)(F)F)cc1F. The zero-order valence-electron chi connectivity index (χ0n) is 20.6. The quantitative estimate of drug-likeness (QED) is 0.312. The van der Waals surface area contributed by atoms with Gasteiger partial charge in [0.1, 0.15) is 41.0 Å². The number of halogens is 4. The number of aromatic nitrogens is 5. The van der Waals surface area contributed by atoms with Gasteiger partial charge in [0.2, 0.25) is 5.95 Å². The number of hydrogen-bond acceptors (Lipinski definition) is 8. The lowest BCUT2D eigenvalue weighted by Crippen LogP contribution is -2.17. The van der Waals surface area contributed by atoms with E-state index in [9.17, 15) is 17.6 Å². The molecule has 1 aliphatic rings. The average molecular weight is 529 g/mol. The molecule has 1 unspecified atom stereocenters. The summed E-state index contributed by atoms with van der Waals surface area (Å²) in [5.41, 5.74) is 2.99. The molecule has 5 rings (SSSR count). The molecule has 2 N–H and O–H groups in total. The largest absolute Gasteiger partial charge is 0.573 e. The molecule has 0 radical (unpaired) electrons. The molecular formula is C25H23F4N7O2. The van der Waals surface area contributed by atoms with Crippen LogP contribution < -0.4 is 20.1 Å². The molecule has 13 heteroatoms. The van der Waals surface area contributed by atoms with Crippen LogP contribution in [-0.2, 0) is 6.42 Å². The zero-order chi connectivity index (χ0) is 27.0. The number of benzene rings is 2. The van der Waals surface area contributed by atoms with Crippen molar-refractivity contribution in [2.75, 3.05) is 24.8 Å². The van der Waals surface area contributed by atoms with Crippen LogP contribution in [0.3, 0.4) is 0 Å². The lowest BCUT2D eigenvalue weighted by Gasteiger charge is -2.17. The van der Waals surface area contributed by atoms with E-state index in [0.717, 1.165) is 17.7 Å². The Hall–Kier alpha value is -4.42. The van der Waals surface area contributed by atoms with Crippen LogP contribution in [0.25, 0.3) is 5.69 Å². The van der Waals surface area contributed by atoms with Crippen molar-refractivity contribution in [3.63, 3.8) is 0 Å². The van der Waals surface area contributed by atoms with Gasteiger partial charge in [-0.25, -0.2) is 19.0 Å². The van der Waals surface area contributed by atoms with E-state index in [4.69, 9.17) is 4.74 Å². The van der Waals surface area contributed by atoms with Gasteiger partial charge in [-0.2, -0.15) is 10.1 Å². The molecule has 2 aromatic carbocycles. The number of alkyl halides is 3. The van der Waals surface area contributed by atoms with Crippen LogP contribution in [0, 0.1) is 12.7 Å². The maximum Gasteiger partial charge on any atom is 0.573 e. The van der Waals surface area contributed by atoms with Gasteiger partial charge in [-0.3, -0.25) is 0 Å². The Bertz CT molecular complexity index is 1490. The summed E-state index contributed by atoms with van der Waals surface area (Å²) >= 11 is 0. The molecule has 4 aromatic rings. The van der Waals surface area contributed by atoms with Gasteiger partial charge in [0.05, 0.1) is 12.8 Å². The second kappa shape index (κ2) is 9.80. The maximum atomic E-state index is 14.9. The summed E-state index contributed by atoms with van der Waals surface area (Å²) in [6.45, 7) is 1.78. The molecule has 0 amide bonds. The van der Waals surface area contributed by atoms with Gasteiger partial charge in [-0.15, -0.1) is 13.2 Å². The van der Waals surface area contributed by atoms with Crippen LogP contribution >= 0.6 is 0 Å². The first-order valence-electron chi connectivity index (χ1n) is 11.6. The minimum atomic E-state index is -4.90. The van der Waals surface area contributed by atoms with Crippen LogP contribution in [0.5, 0.6) is 11.5 Å². The Morgan fingerprint density at radius 2 is 1.92 bits per heavy atom. The molecule has 2 aromatic heterocycles. The normalized spacial score (nSPS) is 14.8. The van der Waals surface area contributed by atoms with Crippen molar-refractivity contribution >= 4 is 17.5 Å². The average Bonchev–Trinajstić information content (AvgIpc) is 3.49. The lowest BCUT2D eigenvalue weighted by molar-refractivity contribution is -0.274. The summed E-state index contributed by atoms with van der Waals surface area (Å²) in [6, 6.07) is 8.53. The first-order valence-corrected chi connectivity index (χ1v) is 11.6. The van der Waals surface area contributed by atoms with Crippen LogP contribution in [0.1, 0.15) is 35.0 Å². The fourth-order valence-corrected chi connectivity index (χ4v) is 4.55. The van der Waals surface area contributed by atoms with Gasteiger partial charge in [0.15, 0.2) is 0 Å². The van der Waals surface area contributed by atoms with Crippen molar-refractivity contribution in [3.8, 4) is 17.2 Å². The summed E-state index contributed by atoms with van der Waals surface area (Å²) in [4.78, 5) is 13.4. The molecule has 9 nitrogen and oxygen atoms in total. The number of rotatable bonds is 7. The van der Waals surface area contributed by atoms with Crippen molar-refractivity contribution in [1.82, 2.24) is 24.7 Å². The van der Waals surface area contributed by atoms with Crippen molar-refractivity contribution in [2.45, 2.75) is 32.0 Å². The van der Waals surface area contributed by atoms with E-state index < -0.39 is 23.8 Å². The highest BCUT2D eigenvalue weighted by Gasteiger charge is 2.33. The number of anilines is 3. The van der Waals surface area contributed by atoms with Crippen LogP contribution in [-0.4, -0.2) is 45.3 Å². The highest BCUT2D eigenvalue weighted by atomic mass is 19.4. The summed E-state index contributed by atoms with van der Waals surface area (Å²) < 4.78 is 63.5. The molecule has 1 atom stereocenters. The molecule has 0 bridgehead atoms. The first kappa shape index (κ1) is 25.2. The standard InChI is InChI=1S/C25H23F4N7O2/c1-13-31-12-36(35-13)20-9-4-14(10-21(20)37-3)32-24-33-22-17(7-8-18(22)23(30-2)34-24)16-6-5-15(11-19(16)26)38-25(27,28)29/h4-6,9-12,17H,7-8H2,1-3H3,(H2,30,32,33,34). The first-order chi connectivity index (χ1) is 18.1. The number of aryl methyl sites for hydroxylation is 1. The molecule has 0 spiro atoms. The molecule has 2 heterocycles. The minimum Gasteiger partial charge on any atom is -0.494 e. The van der Waals surface area contributed by atoms with Crippen molar-refractivity contribution in [2.24, 2.45) is 0 Å². The Morgan fingerprint density at radius 1 is 1.11 bits per heavy atom. The van der Waals surface area contributed by atoms with Gasteiger partial charge in [0, 0.05) is 36.3 Å².